The summed E-state index contributed by atoms with van der Waals surface area (Å²) >= 11 is 0. The van der Waals surface area contributed by atoms with Crippen LogP contribution in [-0.2, 0) is 9.59 Å². The lowest BCUT2D eigenvalue weighted by Gasteiger charge is -2.21. The first-order chi connectivity index (χ1) is 11.9. The van der Waals surface area contributed by atoms with Gasteiger partial charge in [0.1, 0.15) is 5.69 Å². The van der Waals surface area contributed by atoms with E-state index < -0.39 is 0 Å². The molecule has 0 amide bonds. The summed E-state index contributed by atoms with van der Waals surface area (Å²) in [4.78, 5) is 25.9. The topological polar surface area (TPSA) is 72.1 Å². The number of nitrogens with two attached hydrogens (primary N) is 1. The van der Waals surface area contributed by atoms with Gasteiger partial charge in [0.25, 0.3) is 0 Å². The lowest BCUT2D eigenvalue weighted by molar-refractivity contribution is -0.210. The SMILES string of the molecule is CC1=C(c2ccc(C)cc2)C(=O)C(C)=C(c2ccc(N=[NH2+])cc2)C1=O.[Cl-].[Cl-]. The Bertz CT molecular complexity index is 957. The predicted molar refractivity (Wildman–Crippen MR) is 96.8 cm³/mol. The highest BCUT2D eigenvalue weighted by Crippen LogP contribution is 2.35. The Balaban J connectivity index is 0.00000182. The van der Waals surface area contributed by atoms with Crippen molar-refractivity contribution in [1.82, 2.24) is 0 Å². The minimum Gasteiger partial charge on any atom is -1.00 e. The van der Waals surface area contributed by atoms with Crippen LogP contribution >= 0.6 is 0 Å². The van der Waals surface area contributed by atoms with Gasteiger partial charge in [-0.3, -0.25) is 9.59 Å². The summed E-state index contributed by atoms with van der Waals surface area (Å²) in [5.74, 6) is -0.228. The third kappa shape index (κ3) is 4.07. The van der Waals surface area contributed by atoms with Crippen molar-refractivity contribution in [1.29, 1.82) is 0 Å². The maximum Gasteiger partial charge on any atom is 0.190 e. The van der Waals surface area contributed by atoms with Gasteiger partial charge < -0.3 is 24.8 Å². The maximum absolute atomic E-state index is 13.0. The van der Waals surface area contributed by atoms with Crippen LogP contribution in [0.25, 0.3) is 11.1 Å². The molecule has 3 rings (SSSR count). The Hall–Kier alpha value is -2.56. The predicted octanol–water partition coefficient (Wildman–Crippen LogP) is -2.76. The van der Waals surface area contributed by atoms with Gasteiger partial charge in [0.15, 0.2) is 11.6 Å². The number of aryl methyl sites for hydroxylation is 1. The van der Waals surface area contributed by atoms with Crippen LogP contribution in [-0.4, -0.2) is 11.6 Å². The van der Waals surface area contributed by atoms with Gasteiger partial charge in [0.05, 0.1) is 0 Å². The van der Waals surface area contributed by atoms with Gasteiger partial charge in [-0.05, 0) is 49.1 Å². The van der Waals surface area contributed by atoms with Gasteiger partial charge in [-0.15, -0.1) is 0 Å². The van der Waals surface area contributed by atoms with Crippen LogP contribution in [0.5, 0.6) is 0 Å². The number of hydrogen-bond acceptors (Lipinski definition) is 3. The number of rotatable bonds is 3. The Kier molecular flexibility index (Phi) is 7.40. The molecule has 2 aromatic rings. The van der Waals surface area contributed by atoms with Gasteiger partial charge >= 0.3 is 0 Å². The molecule has 0 saturated carbocycles. The van der Waals surface area contributed by atoms with Crippen molar-refractivity contribution in [3.05, 3.63) is 76.4 Å². The van der Waals surface area contributed by atoms with Crippen LogP contribution in [0.1, 0.15) is 30.5 Å². The monoisotopic (exact) mass is 401 g/mol. The zero-order valence-corrected chi connectivity index (χ0v) is 16.7. The van der Waals surface area contributed by atoms with Gasteiger partial charge in [0, 0.05) is 22.3 Å². The van der Waals surface area contributed by atoms with Crippen molar-refractivity contribution in [3.63, 3.8) is 0 Å². The molecule has 140 valence electrons. The van der Waals surface area contributed by atoms with Crippen LogP contribution in [0.3, 0.4) is 0 Å². The van der Waals surface area contributed by atoms with Crippen LogP contribution < -0.4 is 30.3 Å². The molecule has 0 spiro atoms. The van der Waals surface area contributed by atoms with Gasteiger partial charge in [-0.1, -0.05) is 42.0 Å². The molecule has 0 saturated heterocycles. The minimum atomic E-state index is -0.120. The third-order valence-electron chi connectivity index (χ3n) is 4.53. The smallest absolute Gasteiger partial charge is 0.190 e. The number of halogens is 2. The highest BCUT2D eigenvalue weighted by molar-refractivity contribution is 6.47. The molecule has 0 unspecified atom stereocenters. The van der Waals surface area contributed by atoms with E-state index in [-0.39, 0.29) is 36.4 Å². The summed E-state index contributed by atoms with van der Waals surface area (Å²) in [5, 5.41) is 3.61. The zero-order chi connectivity index (χ0) is 18.1. The molecule has 27 heavy (non-hydrogen) atoms. The largest absolute Gasteiger partial charge is 1.00 e. The first kappa shape index (κ1) is 22.5. The highest BCUT2D eigenvalue weighted by Gasteiger charge is 2.31. The molecule has 1 aliphatic carbocycles. The number of allylic oxidation sites excluding steroid dienone is 4. The second kappa shape index (κ2) is 8.89. The lowest BCUT2D eigenvalue weighted by atomic mass is 9.80. The molecule has 0 atom stereocenters. The van der Waals surface area contributed by atoms with E-state index in [0.29, 0.717) is 33.5 Å². The molecular formula is C21H19Cl2N2O2-. The van der Waals surface area contributed by atoms with Crippen molar-refractivity contribution in [2.24, 2.45) is 5.11 Å². The van der Waals surface area contributed by atoms with Crippen molar-refractivity contribution in [2.45, 2.75) is 20.8 Å². The first-order valence-corrected chi connectivity index (χ1v) is 8.03. The van der Waals surface area contributed by atoms with E-state index in [9.17, 15) is 9.59 Å². The molecule has 0 aliphatic heterocycles. The fraction of sp³-hybridized carbons (Fsp3) is 0.143. The van der Waals surface area contributed by atoms with E-state index >= 15 is 0 Å². The van der Waals surface area contributed by atoms with Crippen LogP contribution in [0.4, 0.5) is 5.69 Å². The fourth-order valence-corrected chi connectivity index (χ4v) is 3.07. The first-order valence-electron chi connectivity index (χ1n) is 8.03. The number of hydrogen-bond donors (Lipinski definition) is 1. The molecule has 0 heterocycles. The average molecular weight is 402 g/mol. The molecule has 2 N–H and O–H groups in total. The minimum absolute atomic E-state index is 0. The lowest BCUT2D eigenvalue weighted by Crippen LogP contribution is -3.00. The second-order valence-corrected chi connectivity index (χ2v) is 6.20. The number of carbonyl (C=O) groups is 2. The molecule has 2 aromatic carbocycles. The van der Waals surface area contributed by atoms with E-state index in [1.807, 2.05) is 31.2 Å². The van der Waals surface area contributed by atoms with Crippen LogP contribution in [0.15, 0.2) is 64.8 Å². The average Bonchev–Trinajstić information content (AvgIpc) is 2.62. The normalized spacial score (nSPS) is 13.9. The standard InChI is InChI=1S/C21H18N2O2.2ClH/c1-12-4-6-15(7-5-12)18-13(2)21(25)19(14(3)20(18)24)16-8-10-17(23-22)11-9-16;;/h4-11,22H,1-3H3;2*1H/p-1. The second-order valence-electron chi connectivity index (χ2n) is 6.20. The maximum atomic E-state index is 13.0. The Morgan fingerprint density at radius 3 is 1.41 bits per heavy atom. The van der Waals surface area contributed by atoms with Crippen molar-refractivity contribution >= 4 is 28.4 Å². The van der Waals surface area contributed by atoms with E-state index in [2.05, 4.69) is 5.11 Å². The summed E-state index contributed by atoms with van der Waals surface area (Å²) in [7, 11) is 0. The van der Waals surface area contributed by atoms with Gasteiger partial charge in [0.2, 0.25) is 0 Å². The summed E-state index contributed by atoms with van der Waals surface area (Å²) in [5.41, 5.74) is 10.3. The number of Topliss-reactive ketones (excluding diaryl/α,β-unsaturated/α-hetero) is 2. The number of carbonyl (C=O) groups excluding carboxylic acids is 2. The quantitative estimate of drug-likeness (QED) is 0.447. The summed E-state index contributed by atoms with van der Waals surface area (Å²) in [6.07, 6.45) is 0. The van der Waals surface area contributed by atoms with E-state index in [1.165, 1.54) is 0 Å². The molecule has 0 aromatic heterocycles. The summed E-state index contributed by atoms with van der Waals surface area (Å²) in [6.45, 7) is 5.41. The molecule has 1 aliphatic rings. The number of ketones is 2. The Labute approximate surface area is 170 Å². The molecule has 0 radical (unpaired) electrons. The fourth-order valence-electron chi connectivity index (χ4n) is 3.07. The van der Waals surface area contributed by atoms with Gasteiger partial charge in [-0.2, -0.15) is 5.53 Å². The molecule has 0 fully saturated rings. The van der Waals surface area contributed by atoms with Crippen molar-refractivity contribution in [2.75, 3.05) is 0 Å². The van der Waals surface area contributed by atoms with Crippen molar-refractivity contribution in [3.8, 4) is 0 Å². The molecule has 4 nitrogen and oxygen atoms in total. The van der Waals surface area contributed by atoms with E-state index in [1.54, 1.807) is 38.1 Å². The third-order valence-corrected chi connectivity index (χ3v) is 4.53. The summed E-state index contributed by atoms with van der Waals surface area (Å²) < 4.78 is 0. The molecular weight excluding hydrogens is 383 g/mol. The Morgan fingerprint density at radius 1 is 0.667 bits per heavy atom. The highest BCUT2D eigenvalue weighted by atomic mass is 35.5. The van der Waals surface area contributed by atoms with Gasteiger partial charge in [-0.25, -0.2) is 0 Å². The van der Waals surface area contributed by atoms with Crippen molar-refractivity contribution < 1.29 is 39.9 Å². The number of benzene rings is 2. The molecule has 0 bridgehead atoms. The Morgan fingerprint density at radius 2 is 1.04 bits per heavy atom. The number of nitrogens with zero attached hydrogens (tertiary/aromatic N) is 1. The molecule has 6 heteroatoms. The van der Waals surface area contributed by atoms with Crippen LogP contribution in [0, 0.1) is 6.92 Å². The van der Waals surface area contributed by atoms with E-state index in [4.69, 9.17) is 5.53 Å². The van der Waals surface area contributed by atoms with E-state index in [0.717, 1.165) is 11.1 Å². The summed E-state index contributed by atoms with van der Waals surface area (Å²) in [6, 6.07) is 14.6. The zero-order valence-electron chi connectivity index (χ0n) is 15.2. The van der Waals surface area contributed by atoms with Crippen LogP contribution in [0.2, 0.25) is 0 Å².